The first-order chi connectivity index (χ1) is 15.0. The highest BCUT2D eigenvalue weighted by molar-refractivity contribution is 6.30. The van der Waals surface area contributed by atoms with Crippen molar-refractivity contribution in [3.63, 3.8) is 0 Å². The number of rotatable bonds is 1. The van der Waals surface area contributed by atoms with Gasteiger partial charge in [0.25, 0.3) is 0 Å². The van der Waals surface area contributed by atoms with Crippen molar-refractivity contribution in [1.29, 1.82) is 0 Å². The molecule has 0 saturated heterocycles. The van der Waals surface area contributed by atoms with E-state index in [0.29, 0.717) is 35.5 Å². The van der Waals surface area contributed by atoms with Gasteiger partial charge in [-0.05, 0) is 43.7 Å². The first-order valence-corrected chi connectivity index (χ1v) is 10.4. The van der Waals surface area contributed by atoms with E-state index >= 15 is 0 Å². The molecule has 2 heterocycles. The minimum Gasteiger partial charge on any atom is -0.493 e. The van der Waals surface area contributed by atoms with Crippen molar-refractivity contribution in [3.05, 3.63) is 47.2 Å². The summed E-state index contributed by atoms with van der Waals surface area (Å²) in [6, 6.07) is 9.00. The molecule has 8 nitrogen and oxygen atoms in total. The molecule has 1 aliphatic heterocycles. The van der Waals surface area contributed by atoms with Gasteiger partial charge in [-0.1, -0.05) is 17.7 Å². The van der Waals surface area contributed by atoms with Crippen LogP contribution in [0.4, 0.5) is 11.5 Å². The molecule has 1 unspecified atom stereocenters. The second kappa shape index (κ2) is 9.36. The number of fused-ring (bicyclic) bond motifs is 2. The van der Waals surface area contributed by atoms with Gasteiger partial charge < -0.3 is 25.4 Å². The summed E-state index contributed by atoms with van der Waals surface area (Å²) in [6.07, 6.45) is 2.23. The third-order valence-corrected chi connectivity index (χ3v) is 5.31. The number of amides is 1. The number of halogens is 1. The average molecular weight is 442 g/mol. The number of methoxy groups -OCH3 is 1. The zero-order chi connectivity index (χ0) is 21.8. The highest BCUT2D eigenvalue weighted by atomic mass is 35.5. The van der Waals surface area contributed by atoms with E-state index in [1.54, 1.807) is 13.2 Å². The van der Waals surface area contributed by atoms with Crippen LogP contribution in [0.25, 0.3) is 10.9 Å². The van der Waals surface area contributed by atoms with Crippen molar-refractivity contribution >= 4 is 39.9 Å². The molecule has 9 heteroatoms. The number of anilines is 2. The van der Waals surface area contributed by atoms with Gasteiger partial charge >= 0.3 is 0 Å². The van der Waals surface area contributed by atoms with Crippen LogP contribution in [-0.2, 0) is 4.79 Å². The van der Waals surface area contributed by atoms with Crippen molar-refractivity contribution in [2.75, 3.05) is 32.1 Å². The van der Waals surface area contributed by atoms with E-state index in [0.717, 1.165) is 28.6 Å². The molecule has 1 aromatic heterocycles. The molecule has 2 aromatic carbocycles. The predicted molar refractivity (Wildman–Crippen MR) is 120 cm³/mol. The number of carbonyl (C=O) groups excluding carboxylic acids is 1. The highest BCUT2D eigenvalue weighted by Crippen LogP contribution is 2.36. The molecule has 0 saturated carbocycles. The van der Waals surface area contributed by atoms with Crippen LogP contribution in [0.5, 0.6) is 11.5 Å². The number of nitrogens with zero attached hydrogens (tertiary/aromatic N) is 2. The molecule has 1 amide bonds. The van der Waals surface area contributed by atoms with Gasteiger partial charge in [-0.25, -0.2) is 9.97 Å². The Kier molecular flexibility index (Phi) is 6.39. The number of hydrogen-bond acceptors (Lipinski definition) is 7. The molecule has 2 bridgehead atoms. The number of nitrogens with one attached hydrogen (secondary N) is 3. The second-order valence-corrected chi connectivity index (χ2v) is 7.70. The molecule has 3 N–H and O–H groups in total. The molecular weight excluding hydrogens is 418 g/mol. The lowest BCUT2D eigenvalue weighted by atomic mass is 10.1. The van der Waals surface area contributed by atoms with Gasteiger partial charge in [0.2, 0.25) is 5.91 Å². The molecule has 0 spiro atoms. The van der Waals surface area contributed by atoms with Crippen LogP contribution in [-0.4, -0.2) is 42.7 Å². The molecule has 3 aromatic rings. The molecular formula is C22H24ClN5O3. The minimum absolute atomic E-state index is 0.0854. The number of carbonyl (C=O) groups is 1. The Hall–Kier alpha value is -3.10. The van der Waals surface area contributed by atoms with Crippen molar-refractivity contribution in [2.24, 2.45) is 0 Å². The lowest BCUT2D eigenvalue weighted by molar-refractivity contribution is -0.120. The highest BCUT2D eigenvalue weighted by Gasteiger charge is 2.17. The maximum atomic E-state index is 12.3. The number of benzene rings is 2. The fourth-order valence-electron chi connectivity index (χ4n) is 3.53. The normalized spacial score (nSPS) is 17.4. The molecule has 162 valence electrons. The molecule has 31 heavy (non-hydrogen) atoms. The maximum Gasteiger partial charge on any atom is 0.234 e. The van der Waals surface area contributed by atoms with Crippen LogP contribution < -0.4 is 25.4 Å². The molecule has 0 fully saturated rings. The van der Waals surface area contributed by atoms with Gasteiger partial charge in [-0.15, -0.1) is 0 Å². The summed E-state index contributed by atoms with van der Waals surface area (Å²) in [5, 5.41) is 10.9. The average Bonchev–Trinajstić information content (AvgIpc) is 2.75. The first kappa shape index (κ1) is 21.1. The Labute approximate surface area is 185 Å². The summed E-state index contributed by atoms with van der Waals surface area (Å²) < 4.78 is 11.4. The van der Waals surface area contributed by atoms with Crippen LogP contribution in [0.3, 0.4) is 0 Å². The van der Waals surface area contributed by atoms with Crippen molar-refractivity contribution in [3.8, 4) is 11.5 Å². The van der Waals surface area contributed by atoms with E-state index in [2.05, 4.69) is 25.9 Å². The maximum absolute atomic E-state index is 12.3. The van der Waals surface area contributed by atoms with Gasteiger partial charge in [0, 0.05) is 22.2 Å². The summed E-state index contributed by atoms with van der Waals surface area (Å²) in [6.45, 7) is 3.29. The van der Waals surface area contributed by atoms with E-state index in [1.165, 1.54) is 6.33 Å². The number of ether oxygens (including phenoxy) is 2. The lowest BCUT2D eigenvalue weighted by Gasteiger charge is -2.20. The molecule has 4 rings (SSSR count). The summed E-state index contributed by atoms with van der Waals surface area (Å²) in [4.78, 5) is 21.2. The van der Waals surface area contributed by atoms with E-state index in [4.69, 9.17) is 21.1 Å². The summed E-state index contributed by atoms with van der Waals surface area (Å²) >= 11 is 6.27. The summed E-state index contributed by atoms with van der Waals surface area (Å²) in [5.74, 6) is 1.73. The molecule has 1 aliphatic rings. The summed E-state index contributed by atoms with van der Waals surface area (Å²) in [5.41, 5.74) is 2.36. The minimum atomic E-state index is -0.228. The SMILES string of the molecule is COc1cc2ncnc3c2cc1OCCCNCC(=O)NC(C)c1ccc(Cl)cc1N3. The van der Waals surface area contributed by atoms with Gasteiger partial charge in [-0.2, -0.15) is 0 Å². The monoisotopic (exact) mass is 441 g/mol. The van der Waals surface area contributed by atoms with Gasteiger partial charge in [0.05, 0.1) is 31.8 Å². The van der Waals surface area contributed by atoms with Crippen LogP contribution in [0.1, 0.15) is 24.9 Å². The lowest BCUT2D eigenvalue weighted by Crippen LogP contribution is -2.36. The van der Waals surface area contributed by atoms with Crippen molar-refractivity contribution < 1.29 is 14.3 Å². The van der Waals surface area contributed by atoms with E-state index in [9.17, 15) is 4.79 Å². The van der Waals surface area contributed by atoms with Crippen LogP contribution >= 0.6 is 11.6 Å². The Morgan fingerprint density at radius 3 is 2.94 bits per heavy atom. The first-order valence-electron chi connectivity index (χ1n) is 10.1. The Morgan fingerprint density at radius 2 is 2.10 bits per heavy atom. The molecule has 1 atom stereocenters. The third-order valence-electron chi connectivity index (χ3n) is 5.07. The predicted octanol–water partition coefficient (Wildman–Crippen LogP) is 3.58. The fourth-order valence-corrected chi connectivity index (χ4v) is 3.70. The van der Waals surface area contributed by atoms with Crippen LogP contribution in [0, 0.1) is 0 Å². The Morgan fingerprint density at radius 1 is 1.23 bits per heavy atom. The third kappa shape index (κ3) is 4.81. The van der Waals surface area contributed by atoms with Gasteiger partial charge in [-0.3, -0.25) is 4.79 Å². The largest absolute Gasteiger partial charge is 0.493 e. The standard InChI is InChI=1S/C22H24ClN5O3/c1-13-15-5-4-14(23)8-18(15)28-22-16-9-20(19(30-2)10-17(16)25-12-26-22)31-7-3-6-24-11-21(29)27-13/h4-5,8-10,12-13,24H,3,6-7,11H2,1-2H3,(H,27,29)(H,25,26,28). The number of hydrogen-bond donors (Lipinski definition) is 3. The second-order valence-electron chi connectivity index (χ2n) is 7.27. The Bertz CT molecular complexity index is 1110. The fraction of sp³-hybridized carbons (Fsp3) is 0.318. The zero-order valence-corrected chi connectivity index (χ0v) is 18.1. The smallest absolute Gasteiger partial charge is 0.234 e. The Balaban J connectivity index is 1.82. The quantitative estimate of drug-likeness (QED) is 0.531. The zero-order valence-electron chi connectivity index (χ0n) is 17.4. The van der Waals surface area contributed by atoms with E-state index < -0.39 is 0 Å². The van der Waals surface area contributed by atoms with E-state index in [-0.39, 0.29) is 18.5 Å². The van der Waals surface area contributed by atoms with Gasteiger partial charge in [0.15, 0.2) is 11.5 Å². The van der Waals surface area contributed by atoms with Crippen molar-refractivity contribution in [2.45, 2.75) is 19.4 Å². The van der Waals surface area contributed by atoms with Gasteiger partial charge in [0.1, 0.15) is 12.1 Å². The van der Waals surface area contributed by atoms with E-state index in [1.807, 2.05) is 31.2 Å². The molecule has 0 aliphatic carbocycles. The topological polar surface area (TPSA) is 97.4 Å². The van der Waals surface area contributed by atoms with Crippen LogP contribution in [0.2, 0.25) is 5.02 Å². The van der Waals surface area contributed by atoms with Crippen molar-refractivity contribution in [1.82, 2.24) is 20.6 Å². The number of aromatic nitrogens is 2. The summed E-state index contributed by atoms with van der Waals surface area (Å²) in [7, 11) is 1.60. The van der Waals surface area contributed by atoms with Crippen LogP contribution in [0.15, 0.2) is 36.7 Å². The molecule has 0 radical (unpaired) electrons.